The Morgan fingerprint density at radius 3 is 2.77 bits per heavy atom. The first-order valence-electron chi connectivity index (χ1n) is 7.67. The third-order valence-electron chi connectivity index (χ3n) is 5.19. The van der Waals surface area contributed by atoms with Crippen molar-refractivity contribution in [2.75, 3.05) is 0 Å². The fourth-order valence-corrected chi connectivity index (χ4v) is 4.89. The van der Waals surface area contributed by atoms with Crippen molar-refractivity contribution in [3.05, 3.63) is 34.1 Å². The summed E-state index contributed by atoms with van der Waals surface area (Å²) >= 11 is 9.92. The van der Waals surface area contributed by atoms with Crippen molar-refractivity contribution in [3.8, 4) is 0 Å². The normalized spacial score (nSPS) is 37.2. The van der Waals surface area contributed by atoms with E-state index in [1.807, 2.05) is 6.07 Å². The Morgan fingerprint density at radius 2 is 2.18 bits per heavy atom. The summed E-state index contributed by atoms with van der Waals surface area (Å²) < 4.78 is 27.0. The maximum Gasteiger partial charge on any atom is 0.129 e. The van der Waals surface area contributed by atoms with Gasteiger partial charge in [0.2, 0.25) is 0 Å². The quantitative estimate of drug-likeness (QED) is 0.668. The zero-order valence-corrected chi connectivity index (χ0v) is 15.4. The minimum Gasteiger partial charge on any atom is -0.370 e. The molecule has 2 fully saturated rings. The molecule has 2 aliphatic heterocycles. The van der Waals surface area contributed by atoms with Gasteiger partial charge in [0.15, 0.2) is 0 Å². The lowest BCUT2D eigenvalue weighted by Crippen LogP contribution is -2.45. The Hall–Kier alpha value is -0.160. The molecule has 4 unspecified atom stereocenters. The van der Waals surface area contributed by atoms with Gasteiger partial charge in [-0.25, -0.2) is 4.39 Å². The SMILES string of the molecule is CC(C)C12CC(OCc3c(F)cccc3Br)C(C)(CC1Cl)O2. The molecular formula is C17H21BrClFO2. The number of hydrogen-bond donors (Lipinski definition) is 0. The van der Waals surface area contributed by atoms with Crippen LogP contribution in [-0.2, 0) is 16.1 Å². The molecule has 0 aliphatic carbocycles. The molecule has 2 saturated heterocycles. The molecule has 2 heterocycles. The molecule has 0 radical (unpaired) electrons. The molecule has 3 rings (SSSR count). The number of rotatable bonds is 4. The number of hydrogen-bond acceptors (Lipinski definition) is 2. The topological polar surface area (TPSA) is 18.5 Å². The molecule has 2 aliphatic rings. The van der Waals surface area contributed by atoms with E-state index in [9.17, 15) is 4.39 Å². The van der Waals surface area contributed by atoms with Crippen LogP contribution in [0.1, 0.15) is 39.2 Å². The number of alkyl halides is 1. The van der Waals surface area contributed by atoms with E-state index in [1.165, 1.54) is 6.07 Å². The molecule has 22 heavy (non-hydrogen) atoms. The fourth-order valence-electron chi connectivity index (χ4n) is 3.75. The van der Waals surface area contributed by atoms with Gasteiger partial charge < -0.3 is 9.47 Å². The van der Waals surface area contributed by atoms with Crippen LogP contribution in [0.15, 0.2) is 22.7 Å². The summed E-state index contributed by atoms with van der Waals surface area (Å²) in [6.45, 7) is 6.56. The van der Waals surface area contributed by atoms with Gasteiger partial charge in [-0.1, -0.05) is 35.8 Å². The standard InChI is InChI=1S/C17H21BrClFO2/c1-10(2)17-8-15(16(3,22-17)7-14(17)19)21-9-11-12(18)5-4-6-13(11)20/h4-6,10,14-15H,7-9H2,1-3H3. The summed E-state index contributed by atoms with van der Waals surface area (Å²) in [4.78, 5) is 0. The highest BCUT2D eigenvalue weighted by atomic mass is 79.9. The predicted octanol–water partition coefficient (Wildman–Crippen LogP) is 5.06. The molecule has 0 aromatic heterocycles. The molecule has 0 saturated carbocycles. The van der Waals surface area contributed by atoms with Gasteiger partial charge in [-0.15, -0.1) is 11.6 Å². The molecule has 0 N–H and O–H groups in total. The summed E-state index contributed by atoms with van der Waals surface area (Å²) in [5.41, 5.74) is -0.156. The van der Waals surface area contributed by atoms with Gasteiger partial charge in [0, 0.05) is 16.5 Å². The molecule has 122 valence electrons. The number of ether oxygens (including phenoxy) is 2. The highest BCUT2D eigenvalue weighted by molar-refractivity contribution is 9.10. The third-order valence-corrected chi connectivity index (χ3v) is 6.46. The van der Waals surface area contributed by atoms with Gasteiger partial charge in [-0.05, 0) is 31.4 Å². The Labute approximate surface area is 144 Å². The van der Waals surface area contributed by atoms with E-state index < -0.39 is 0 Å². The summed E-state index contributed by atoms with van der Waals surface area (Å²) in [6, 6.07) is 4.95. The van der Waals surface area contributed by atoms with Crippen LogP contribution >= 0.6 is 27.5 Å². The Morgan fingerprint density at radius 1 is 1.45 bits per heavy atom. The van der Waals surface area contributed by atoms with Crippen molar-refractivity contribution in [2.45, 2.75) is 62.9 Å². The van der Waals surface area contributed by atoms with E-state index >= 15 is 0 Å². The van der Waals surface area contributed by atoms with E-state index in [0.29, 0.717) is 11.5 Å². The largest absolute Gasteiger partial charge is 0.370 e. The van der Waals surface area contributed by atoms with Crippen LogP contribution in [0.2, 0.25) is 0 Å². The summed E-state index contributed by atoms with van der Waals surface area (Å²) in [5, 5.41) is 0.0116. The third kappa shape index (κ3) is 2.52. The maximum absolute atomic E-state index is 13.9. The van der Waals surface area contributed by atoms with Gasteiger partial charge in [-0.2, -0.15) is 0 Å². The number of benzene rings is 1. The Kier molecular flexibility index (Phi) is 4.35. The van der Waals surface area contributed by atoms with Gasteiger partial charge >= 0.3 is 0 Å². The molecule has 2 bridgehead atoms. The second-order valence-electron chi connectivity index (χ2n) is 6.90. The van der Waals surface area contributed by atoms with Crippen molar-refractivity contribution in [2.24, 2.45) is 5.92 Å². The number of halogens is 3. The van der Waals surface area contributed by atoms with E-state index in [4.69, 9.17) is 21.1 Å². The molecule has 5 heteroatoms. The van der Waals surface area contributed by atoms with Crippen molar-refractivity contribution >= 4 is 27.5 Å². The molecular weight excluding hydrogens is 371 g/mol. The molecule has 0 spiro atoms. The lowest BCUT2D eigenvalue weighted by atomic mass is 9.75. The summed E-state index contributed by atoms with van der Waals surface area (Å²) in [6.07, 6.45) is 1.48. The molecule has 4 atom stereocenters. The van der Waals surface area contributed by atoms with Crippen LogP contribution in [0.5, 0.6) is 0 Å². The van der Waals surface area contributed by atoms with Crippen LogP contribution < -0.4 is 0 Å². The first-order valence-corrected chi connectivity index (χ1v) is 8.90. The maximum atomic E-state index is 13.9. The predicted molar refractivity (Wildman–Crippen MR) is 88.6 cm³/mol. The summed E-state index contributed by atoms with van der Waals surface area (Å²) in [7, 11) is 0. The Balaban J connectivity index is 1.75. The smallest absolute Gasteiger partial charge is 0.129 e. The second-order valence-corrected chi connectivity index (χ2v) is 8.28. The summed E-state index contributed by atoms with van der Waals surface area (Å²) in [5.74, 6) is 0.0722. The number of fused-ring (bicyclic) bond motifs is 2. The monoisotopic (exact) mass is 390 g/mol. The molecule has 2 nitrogen and oxygen atoms in total. The van der Waals surface area contributed by atoms with Crippen LogP contribution in [0.25, 0.3) is 0 Å². The van der Waals surface area contributed by atoms with E-state index in [0.717, 1.165) is 17.3 Å². The zero-order chi connectivity index (χ0) is 16.1. The second kappa shape index (κ2) is 5.73. The average Bonchev–Trinajstić information content (AvgIpc) is 2.86. The minimum absolute atomic E-state index is 0.0116. The van der Waals surface area contributed by atoms with Crippen LogP contribution in [0.4, 0.5) is 4.39 Å². The van der Waals surface area contributed by atoms with Gasteiger partial charge in [0.1, 0.15) is 5.82 Å². The molecule has 0 amide bonds. The molecule has 1 aromatic carbocycles. The van der Waals surface area contributed by atoms with E-state index in [-0.39, 0.29) is 35.1 Å². The van der Waals surface area contributed by atoms with Gasteiger partial charge in [0.05, 0.1) is 29.3 Å². The zero-order valence-electron chi connectivity index (χ0n) is 13.0. The van der Waals surface area contributed by atoms with Crippen molar-refractivity contribution in [3.63, 3.8) is 0 Å². The van der Waals surface area contributed by atoms with Gasteiger partial charge in [0.25, 0.3) is 0 Å². The Bertz CT molecular complexity index is 562. The van der Waals surface area contributed by atoms with Gasteiger partial charge in [-0.3, -0.25) is 0 Å². The van der Waals surface area contributed by atoms with Crippen molar-refractivity contribution in [1.82, 2.24) is 0 Å². The minimum atomic E-state index is -0.381. The van der Waals surface area contributed by atoms with E-state index in [2.05, 4.69) is 36.7 Å². The van der Waals surface area contributed by atoms with E-state index in [1.54, 1.807) is 6.07 Å². The van der Waals surface area contributed by atoms with Crippen molar-refractivity contribution in [1.29, 1.82) is 0 Å². The molecule has 1 aromatic rings. The van der Waals surface area contributed by atoms with Crippen LogP contribution in [-0.4, -0.2) is 22.7 Å². The van der Waals surface area contributed by atoms with Crippen molar-refractivity contribution < 1.29 is 13.9 Å². The van der Waals surface area contributed by atoms with Crippen LogP contribution in [0, 0.1) is 11.7 Å². The lowest BCUT2D eigenvalue weighted by Gasteiger charge is -2.35. The van der Waals surface area contributed by atoms with Crippen LogP contribution in [0.3, 0.4) is 0 Å². The fraction of sp³-hybridized carbons (Fsp3) is 0.647. The highest BCUT2D eigenvalue weighted by Crippen LogP contribution is 2.57. The first kappa shape index (κ1) is 16.7. The average molecular weight is 392 g/mol. The lowest BCUT2D eigenvalue weighted by molar-refractivity contribution is -0.0960. The highest BCUT2D eigenvalue weighted by Gasteiger charge is 2.65. The first-order chi connectivity index (χ1) is 10.3.